The van der Waals surface area contributed by atoms with Crippen LogP contribution in [-0.4, -0.2) is 47.1 Å². The highest BCUT2D eigenvalue weighted by molar-refractivity contribution is 5.79. The number of amides is 1. The van der Waals surface area contributed by atoms with Crippen molar-refractivity contribution in [1.82, 2.24) is 14.8 Å². The second-order valence-corrected chi connectivity index (χ2v) is 6.70. The highest BCUT2D eigenvalue weighted by Crippen LogP contribution is 2.16. The van der Waals surface area contributed by atoms with Gasteiger partial charge in [0.05, 0.1) is 0 Å². The fraction of sp³-hybridized carbons (Fsp3) is 0.286. The zero-order valence-electron chi connectivity index (χ0n) is 14.7. The van der Waals surface area contributed by atoms with Gasteiger partial charge in [-0.1, -0.05) is 42.5 Å². The number of fused-ring (bicyclic) bond motifs is 1. The molecule has 1 aliphatic heterocycles. The molecule has 1 amide bonds. The lowest BCUT2D eigenvalue weighted by molar-refractivity contribution is 0.0700. The first-order valence-electron chi connectivity index (χ1n) is 9.02. The zero-order chi connectivity index (χ0) is 17.8. The summed E-state index contributed by atoms with van der Waals surface area (Å²) in [4.78, 5) is 19.7. The minimum Gasteiger partial charge on any atom is -0.445 e. The van der Waals surface area contributed by atoms with Gasteiger partial charge in [-0.25, -0.2) is 4.79 Å². The van der Waals surface area contributed by atoms with E-state index in [0.717, 1.165) is 25.2 Å². The molecule has 5 nitrogen and oxygen atoms in total. The summed E-state index contributed by atoms with van der Waals surface area (Å²) in [6, 6.07) is 18.4. The molecule has 0 spiro atoms. The third-order valence-corrected chi connectivity index (χ3v) is 4.86. The molecule has 3 aromatic rings. The summed E-state index contributed by atoms with van der Waals surface area (Å²) in [7, 11) is 0. The number of H-pyrrole nitrogens is 1. The van der Waals surface area contributed by atoms with Gasteiger partial charge in [-0.3, -0.25) is 4.90 Å². The number of carbonyl (C=O) groups excluding carboxylic acids is 1. The lowest BCUT2D eigenvalue weighted by atomic mass is 10.1. The van der Waals surface area contributed by atoms with E-state index in [1.165, 1.54) is 16.5 Å². The van der Waals surface area contributed by atoms with E-state index >= 15 is 0 Å². The van der Waals surface area contributed by atoms with Gasteiger partial charge < -0.3 is 14.6 Å². The van der Waals surface area contributed by atoms with Crippen LogP contribution in [0.3, 0.4) is 0 Å². The van der Waals surface area contributed by atoms with Crippen molar-refractivity contribution in [3.05, 3.63) is 71.9 Å². The van der Waals surface area contributed by atoms with Crippen molar-refractivity contribution in [3.8, 4) is 0 Å². The lowest BCUT2D eigenvalue weighted by Crippen LogP contribution is -2.48. The number of hydrogen-bond acceptors (Lipinski definition) is 3. The molecule has 0 aliphatic carbocycles. The van der Waals surface area contributed by atoms with Gasteiger partial charge in [0.25, 0.3) is 0 Å². The molecule has 4 rings (SSSR count). The predicted molar refractivity (Wildman–Crippen MR) is 102 cm³/mol. The van der Waals surface area contributed by atoms with Crippen molar-refractivity contribution in [3.63, 3.8) is 0 Å². The maximum Gasteiger partial charge on any atom is 0.410 e. The van der Waals surface area contributed by atoms with Gasteiger partial charge >= 0.3 is 6.09 Å². The van der Waals surface area contributed by atoms with Crippen molar-refractivity contribution < 1.29 is 9.53 Å². The number of benzene rings is 2. The molecule has 26 heavy (non-hydrogen) atoms. The Bertz CT molecular complexity index is 867. The first-order chi connectivity index (χ1) is 12.8. The Kier molecular flexibility index (Phi) is 4.88. The topological polar surface area (TPSA) is 48.6 Å². The van der Waals surface area contributed by atoms with Crippen molar-refractivity contribution in [1.29, 1.82) is 0 Å². The first kappa shape index (κ1) is 16.7. The van der Waals surface area contributed by atoms with Crippen LogP contribution in [0.2, 0.25) is 0 Å². The molecule has 2 aromatic carbocycles. The zero-order valence-corrected chi connectivity index (χ0v) is 14.7. The molecule has 0 atom stereocenters. The summed E-state index contributed by atoms with van der Waals surface area (Å²) >= 11 is 0. The Hall–Kier alpha value is -2.79. The SMILES string of the molecule is O=C(OCc1ccccc1)N1CCN(Cc2ccc3cc[nH]c3c2)CC1. The largest absolute Gasteiger partial charge is 0.445 e. The Morgan fingerprint density at radius 1 is 0.962 bits per heavy atom. The van der Waals surface area contributed by atoms with Crippen molar-refractivity contribution in [2.24, 2.45) is 0 Å². The summed E-state index contributed by atoms with van der Waals surface area (Å²) in [5.74, 6) is 0. The quantitative estimate of drug-likeness (QED) is 0.783. The molecule has 1 N–H and O–H groups in total. The minimum absolute atomic E-state index is 0.221. The third-order valence-electron chi connectivity index (χ3n) is 4.86. The van der Waals surface area contributed by atoms with Crippen LogP contribution in [0.15, 0.2) is 60.8 Å². The van der Waals surface area contributed by atoms with Crippen LogP contribution in [0.4, 0.5) is 4.79 Å². The molecule has 1 saturated heterocycles. The smallest absolute Gasteiger partial charge is 0.410 e. The number of aromatic nitrogens is 1. The molecule has 0 bridgehead atoms. The fourth-order valence-electron chi connectivity index (χ4n) is 3.35. The number of ether oxygens (including phenoxy) is 1. The predicted octanol–water partition coefficient (Wildman–Crippen LogP) is 3.62. The van der Waals surface area contributed by atoms with Crippen LogP contribution in [0.1, 0.15) is 11.1 Å². The lowest BCUT2D eigenvalue weighted by Gasteiger charge is -2.34. The van der Waals surface area contributed by atoms with E-state index in [1.807, 2.05) is 36.5 Å². The van der Waals surface area contributed by atoms with E-state index in [1.54, 1.807) is 4.90 Å². The summed E-state index contributed by atoms with van der Waals surface area (Å²) in [6.07, 6.45) is 1.75. The van der Waals surface area contributed by atoms with Crippen molar-refractivity contribution >= 4 is 17.0 Å². The van der Waals surface area contributed by atoms with E-state index < -0.39 is 0 Å². The van der Waals surface area contributed by atoms with Gasteiger partial charge in [-0.15, -0.1) is 0 Å². The molecule has 0 saturated carbocycles. The second kappa shape index (κ2) is 7.62. The molecule has 5 heteroatoms. The molecule has 0 unspecified atom stereocenters. The van der Waals surface area contributed by atoms with Gasteiger partial charge in [-0.2, -0.15) is 0 Å². The van der Waals surface area contributed by atoms with E-state index in [0.29, 0.717) is 19.7 Å². The van der Waals surface area contributed by atoms with Crippen LogP contribution < -0.4 is 0 Å². The Labute approximate surface area is 153 Å². The van der Waals surface area contributed by atoms with Gasteiger partial charge in [0.1, 0.15) is 6.61 Å². The monoisotopic (exact) mass is 349 g/mol. The normalized spacial score (nSPS) is 15.3. The Balaban J connectivity index is 1.26. The van der Waals surface area contributed by atoms with Crippen molar-refractivity contribution in [2.45, 2.75) is 13.2 Å². The van der Waals surface area contributed by atoms with Crippen LogP contribution in [0, 0.1) is 0 Å². The number of aromatic amines is 1. The van der Waals surface area contributed by atoms with Gasteiger partial charge in [0, 0.05) is 44.4 Å². The molecular formula is C21H23N3O2. The number of nitrogens with zero attached hydrogens (tertiary/aromatic N) is 2. The van der Waals surface area contributed by atoms with Crippen LogP contribution in [-0.2, 0) is 17.9 Å². The standard InChI is InChI=1S/C21H23N3O2/c25-21(26-16-17-4-2-1-3-5-17)24-12-10-23(11-13-24)15-18-6-7-19-8-9-22-20(19)14-18/h1-9,14,22H,10-13,15-16H2. The second-order valence-electron chi connectivity index (χ2n) is 6.70. The molecule has 1 fully saturated rings. The maximum absolute atomic E-state index is 12.2. The summed E-state index contributed by atoms with van der Waals surface area (Å²) in [6.45, 7) is 4.38. The third kappa shape index (κ3) is 3.89. The number of carbonyl (C=O) groups is 1. The number of piperazine rings is 1. The van der Waals surface area contributed by atoms with Crippen LogP contribution >= 0.6 is 0 Å². The molecule has 1 aliphatic rings. The highest BCUT2D eigenvalue weighted by atomic mass is 16.6. The molecule has 0 radical (unpaired) electrons. The molecule has 134 valence electrons. The average Bonchev–Trinajstić information content (AvgIpc) is 3.15. The molecular weight excluding hydrogens is 326 g/mol. The molecule has 1 aromatic heterocycles. The fourth-order valence-corrected chi connectivity index (χ4v) is 3.35. The van der Waals surface area contributed by atoms with E-state index in [4.69, 9.17) is 4.74 Å². The van der Waals surface area contributed by atoms with Crippen LogP contribution in [0.25, 0.3) is 10.9 Å². The maximum atomic E-state index is 12.2. The van der Waals surface area contributed by atoms with Crippen molar-refractivity contribution in [2.75, 3.05) is 26.2 Å². The van der Waals surface area contributed by atoms with Gasteiger partial charge in [0.15, 0.2) is 0 Å². The number of rotatable bonds is 4. The van der Waals surface area contributed by atoms with E-state index in [2.05, 4.69) is 34.1 Å². The van der Waals surface area contributed by atoms with Gasteiger partial charge in [-0.05, 0) is 28.6 Å². The minimum atomic E-state index is -0.221. The first-order valence-corrected chi connectivity index (χ1v) is 9.02. The summed E-state index contributed by atoms with van der Waals surface area (Å²) < 4.78 is 5.42. The van der Waals surface area contributed by atoms with Crippen LogP contribution in [0.5, 0.6) is 0 Å². The Morgan fingerprint density at radius 3 is 2.58 bits per heavy atom. The van der Waals surface area contributed by atoms with E-state index in [-0.39, 0.29) is 6.09 Å². The summed E-state index contributed by atoms with van der Waals surface area (Å²) in [5.41, 5.74) is 3.48. The van der Waals surface area contributed by atoms with E-state index in [9.17, 15) is 4.79 Å². The molecule has 2 heterocycles. The number of nitrogens with one attached hydrogen (secondary N) is 1. The van der Waals surface area contributed by atoms with Gasteiger partial charge in [0.2, 0.25) is 0 Å². The number of hydrogen-bond donors (Lipinski definition) is 1. The average molecular weight is 349 g/mol. The highest BCUT2D eigenvalue weighted by Gasteiger charge is 2.22. The summed E-state index contributed by atoms with van der Waals surface area (Å²) in [5, 5.41) is 1.24. The Morgan fingerprint density at radius 2 is 1.77 bits per heavy atom.